The standard InChI is InChI=1S/C10H17N3/c1-4-11-8-9(2)7-10-5-6-12-13(10)3/h5-7,11H,4,8H2,1-3H3. The van der Waals surface area contributed by atoms with Crippen molar-refractivity contribution in [1.82, 2.24) is 15.1 Å². The Bertz CT molecular complexity index is 286. The summed E-state index contributed by atoms with van der Waals surface area (Å²) < 4.78 is 1.87. The van der Waals surface area contributed by atoms with E-state index in [4.69, 9.17) is 0 Å². The van der Waals surface area contributed by atoms with Gasteiger partial charge in [0.2, 0.25) is 0 Å². The van der Waals surface area contributed by atoms with Crippen LogP contribution in [0.4, 0.5) is 0 Å². The molecule has 0 aromatic carbocycles. The Balaban J connectivity index is 2.60. The molecular weight excluding hydrogens is 162 g/mol. The predicted molar refractivity (Wildman–Crippen MR) is 55.4 cm³/mol. The Morgan fingerprint density at radius 3 is 3.00 bits per heavy atom. The lowest BCUT2D eigenvalue weighted by atomic mass is 10.2. The predicted octanol–water partition coefficient (Wildman–Crippen LogP) is 1.43. The van der Waals surface area contributed by atoms with Gasteiger partial charge in [-0.2, -0.15) is 5.10 Å². The molecule has 0 bridgehead atoms. The summed E-state index contributed by atoms with van der Waals surface area (Å²) in [4.78, 5) is 0. The molecule has 0 saturated heterocycles. The van der Waals surface area contributed by atoms with Gasteiger partial charge in [0.1, 0.15) is 0 Å². The number of likely N-dealkylation sites (N-methyl/N-ethyl adjacent to an activating group) is 1. The molecule has 3 heteroatoms. The molecule has 1 heterocycles. The molecule has 1 N–H and O–H groups in total. The number of nitrogens with zero attached hydrogens (tertiary/aromatic N) is 2. The SMILES string of the molecule is CCNCC(C)=Cc1ccnn1C. The first-order chi connectivity index (χ1) is 6.24. The Hall–Kier alpha value is -1.09. The lowest BCUT2D eigenvalue weighted by Crippen LogP contribution is -2.14. The van der Waals surface area contributed by atoms with Gasteiger partial charge in [-0.05, 0) is 25.6 Å². The fraction of sp³-hybridized carbons (Fsp3) is 0.500. The number of aryl methyl sites for hydroxylation is 1. The van der Waals surface area contributed by atoms with Crippen molar-refractivity contribution in [2.24, 2.45) is 7.05 Å². The van der Waals surface area contributed by atoms with Crippen molar-refractivity contribution in [1.29, 1.82) is 0 Å². The normalized spacial score (nSPS) is 12.1. The van der Waals surface area contributed by atoms with Crippen LogP contribution in [0, 0.1) is 0 Å². The maximum atomic E-state index is 4.10. The third-order valence-electron chi connectivity index (χ3n) is 1.91. The lowest BCUT2D eigenvalue weighted by molar-refractivity contribution is 0.754. The average molecular weight is 179 g/mol. The van der Waals surface area contributed by atoms with Crippen LogP contribution < -0.4 is 5.32 Å². The van der Waals surface area contributed by atoms with Crippen LogP contribution >= 0.6 is 0 Å². The van der Waals surface area contributed by atoms with Crippen molar-refractivity contribution in [3.8, 4) is 0 Å². The number of aromatic nitrogens is 2. The number of rotatable bonds is 4. The third kappa shape index (κ3) is 3.03. The number of nitrogens with one attached hydrogen (secondary N) is 1. The summed E-state index contributed by atoms with van der Waals surface area (Å²) in [6, 6.07) is 2.01. The molecule has 0 spiro atoms. The quantitative estimate of drug-likeness (QED) is 0.757. The van der Waals surface area contributed by atoms with Crippen molar-refractivity contribution < 1.29 is 0 Å². The van der Waals surface area contributed by atoms with Gasteiger partial charge >= 0.3 is 0 Å². The first kappa shape index (κ1) is 9.99. The second-order valence-corrected chi connectivity index (χ2v) is 3.15. The Morgan fingerprint density at radius 1 is 1.69 bits per heavy atom. The molecule has 1 rings (SSSR count). The molecular formula is C10H17N3. The average Bonchev–Trinajstić information content (AvgIpc) is 2.48. The molecule has 1 aromatic rings. The molecule has 0 aliphatic carbocycles. The summed E-state index contributed by atoms with van der Waals surface area (Å²) in [5.74, 6) is 0. The van der Waals surface area contributed by atoms with Crippen LogP contribution in [0.5, 0.6) is 0 Å². The van der Waals surface area contributed by atoms with E-state index in [0.717, 1.165) is 18.8 Å². The van der Waals surface area contributed by atoms with Crippen molar-refractivity contribution in [2.75, 3.05) is 13.1 Å². The Kier molecular flexibility index (Phi) is 3.71. The summed E-state index contributed by atoms with van der Waals surface area (Å²) >= 11 is 0. The first-order valence-corrected chi connectivity index (χ1v) is 4.60. The molecule has 3 nitrogen and oxygen atoms in total. The van der Waals surface area contributed by atoms with Gasteiger partial charge in [-0.15, -0.1) is 0 Å². The van der Waals surface area contributed by atoms with Crippen molar-refractivity contribution in [3.63, 3.8) is 0 Å². The minimum absolute atomic E-state index is 0.946. The van der Waals surface area contributed by atoms with Gasteiger partial charge < -0.3 is 5.32 Å². The second kappa shape index (κ2) is 4.82. The third-order valence-corrected chi connectivity index (χ3v) is 1.91. The van der Waals surface area contributed by atoms with E-state index in [1.807, 2.05) is 24.0 Å². The molecule has 72 valence electrons. The number of hydrogen-bond acceptors (Lipinski definition) is 2. The Morgan fingerprint density at radius 2 is 2.46 bits per heavy atom. The molecule has 0 saturated carbocycles. The van der Waals surface area contributed by atoms with Crippen LogP contribution in [0.1, 0.15) is 19.5 Å². The molecule has 13 heavy (non-hydrogen) atoms. The molecule has 1 aromatic heterocycles. The van der Waals surface area contributed by atoms with Crippen LogP contribution in [-0.4, -0.2) is 22.9 Å². The summed E-state index contributed by atoms with van der Waals surface area (Å²) in [6.07, 6.45) is 3.96. The van der Waals surface area contributed by atoms with E-state index in [1.165, 1.54) is 5.57 Å². The zero-order valence-corrected chi connectivity index (χ0v) is 8.54. The second-order valence-electron chi connectivity index (χ2n) is 3.15. The maximum absolute atomic E-state index is 4.10. The van der Waals surface area contributed by atoms with Crippen LogP contribution in [0.25, 0.3) is 6.08 Å². The van der Waals surface area contributed by atoms with E-state index in [-0.39, 0.29) is 0 Å². The van der Waals surface area contributed by atoms with Gasteiger partial charge in [0.05, 0.1) is 5.69 Å². The highest BCUT2D eigenvalue weighted by molar-refractivity contribution is 5.48. The van der Waals surface area contributed by atoms with Gasteiger partial charge in [0.15, 0.2) is 0 Å². The molecule has 0 aliphatic rings. The van der Waals surface area contributed by atoms with Crippen molar-refractivity contribution >= 4 is 6.08 Å². The van der Waals surface area contributed by atoms with Crippen LogP contribution in [0.15, 0.2) is 17.8 Å². The molecule has 0 radical (unpaired) electrons. The van der Waals surface area contributed by atoms with Gasteiger partial charge in [-0.25, -0.2) is 0 Å². The van der Waals surface area contributed by atoms with Crippen LogP contribution in [0.3, 0.4) is 0 Å². The molecule has 0 atom stereocenters. The van der Waals surface area contributed by atoms with Crippen molar-refractivity contribution in [3.05, 3.63) is 23.5 Å². The summed E-state index contributed by atoms with van der Waals surface area (Å²) in [5, 5.41) is 7.38. The zero-order valence-electron chi connectivity index (χ0n) is 8.54. The largest absolute Gasteiger partial charge is 0.313 e. The van der Waals surface area contributed by atoms with E-state index in [2.05, 4.69) is 30.3 Å². The van der Waals surface area contributed by atoms with Crippen LogP contribution in [-0.2, 0) is 7.05 Å². The topological polar surface area (TPSA) is 29.9 Å². The molecule has 0 fully saturated rings. The Labute approximate surface area is 79.5 Å². The first-order valence-electron chi connectivity index (χ1n) is 4.60. The fourth-order valence-electron chi connectivity index (χ4n) is 1.15. The highest BCUT2D eigenvalue weighted by atomic mass is 15.2. The van der Waals surface area contributed by atoms with E-state index in [9.17, 15) is 0 Å². The summed E-state index contributed by atoms with van der Waals surface area (Å²) in [6.45, 7) is 6.19. The van der Waals surface area contributed by atoms with Gasteiger partial charge in [-0.3, -0.25) is 4.68 Å². The lowest BCUT2D eigenvalue weighted by Gasteiger charge is -2.01. The maximum Gasteiger partial charge on any atom is 0.0606 e. The molecule has 0 amide bonds. The highest BCUT2D eigenvalue weighted by Crippen LogP contribution is 2.03. The summed E-state index contributed by atoms with van der Waals surface area (Å²) in [7, 11) is 1.95. The fourth-order valence-corrected chi connectivity index (χ4v) is 1.15. The zero-order chi connectivity index (χ0) is 9.68. The minimum atomic E-state index is 0.946. The highest BCUT2D eigenvalue weighted by Gasteiger charge is 1.94. The summed E-state index contributed by atoms with van der Waals surface area (Å²) in [5.41, 5.74) is 2.47. The minimum Gasteiger partial charge on any atom is -0.313 e. The van der Waals surface area contributed by atoms with Gasteiger partial charge in [0, 0.05) is 19.8 Å². The van der Waals surface area contributed by atoms with E-state index in [1.54, 1.807) is 0 Å². The van der Waals surface area contributed by atoms with Crippen molar-refractivity contribution in [2.45, 2.75) is 13.8 Å². The van der Waals surface area contributed by atoms with E-state index >= 15 is 0 Å². The van der Waals surface area contributed by atoms with E-state index in [0.29, 0.717) is 0 Å². The molecule has 0 unspecified atom stereocenters. The van der Waals surface area contributed by atoms with Gasteiger partial charge in [-0.1, -0.05) is 12.5 Å². The van der Waals surface area contributed by atoms with E-state index < -0.39 is 0 Å². The van der Waals surface area contributed by atoms with Crippen LogP contribution in [0.2, 0.25) is 0 Å². The molecule has 0 aliphatic heterocycles. The number of hydrogen-bond donors (Lipinski definition) is 1. The smallest absolute Gasteiger partial charge is 0.0606 e. The van der Waals surface area contributed by atoms with Gasteiger partial charge in [0.25, 0.3) is 0 Å². The monoisotopic (exact) mass is 179 g/mol.